The van der Waals surface area contributed by atoms with E-state index in [4.69, 9.17) is 17.3 Å². The monoisotopic (exact) mass is 227 g/mol. The molecule has 0 aliphatic heterocycles. The first-order valence-corrected chi connectivity index (χ1v) is 5.42. The van der Waals surface area contributed by atoms with Crippen LogP contribution < -0.4 is 11.1 Å². The summed E-state index contributed by atoms with van der Waals surface area (Å²) in [5.41, 5.74) is 5.57. The van der Waals surface area contributed by atoms with Crippen molar-refractivity contribution >= 4 is 23.5 Å². The van der Waals surface area contributed by atoms with Crippen molar-refractivity contribution < 1.29 is 0 Å². The Labute approximate surface area is 93.5 Å². The van der Waals surface area contributed by atoms with Crippen LogP contribution in [0, 0.1) is 5.92 Å². The molecule has 1 saturated carbocycles. The molecule has 0 aromatic carbocycles. The van der Waals surface area contributed by atoms with Crippen molar-refractivity contribution in [1.82, 2.24) is 15.0 Å². The lowest BCUT2D eigenvalue weighted by molar-refractivity contribution is 0.862. The van der Waals surface area contributed by atoms with Crippen LogP contribution in [0.4, 0.5) is 11.9 Å². The minimum Gasteiger partial charge on any atom is -0.368 e. The molecule has 0 bridgehead atoms. The molecule has 1 aromatic heterocycles. The molecule has 0 radical (unpaired) electrons. The van der Waals surface area contributed by atoms with Crippen molar-refractivity contribution in [1.29, 1.82) is 0 Å². The Morgan fingerprint density at radius 2 is 2.13 bits per heavy atom. The Bertz CT molecular complexity index is 368. The van der Waals surface area contributed by atoms with Crippen LogP contribution >= 0.6 is 11.6 Å². The van der Waals surface area contributed by atoms with E-state index < -0.39 is 0 Å². The lowest BCUT2D eigenvalue weighted by atomic mass is 10.4. The molecule has 0 amide bonds. The van der Waals surface area contributed by atoms with Crippen molar-refractivity contribution in [3.8, 4) is 0 Å². The molecule has 5 nitrogen and oxygen atoms in total. The van der Waals surface area contributed by atoms with E-state index in [1.54, 1.807) is 6.92 Å². The van der Waals surface area contributed by atoms with Crippen LogP contribution in [0.2, 0.25) is 0 Å². The molecule has 1 heterocycles. The average Bonchev–Trinajstić information content (AvgIpc) is 2.80. The van der Waals surface area contributed by atoms with Gasteiger partial charge in [-0.1, -0.05) is 6.92 Å². The lowest BCUT2D eigenvalue weighted by Gasteiger charge is -2.07. The number of nitrogens with two attached hydrogens (primary N) is 1. The van der Waals surface area contributed by atoms with Crippen molar-refractivity contribution in [3.63, 3.8) is 0 Å². The predicted molar refractivity (Wildman–Crippen MR) is 59.7 cm³/mol. The number of nitrogens with zero attached hydrogens (tertiary/aromatic N) is 3. The minimum atomic E-state index is -0.257. The Hall–Kier alpha value is -1.10. The van der Waals surface area contributed by atoms with Gasteiger partial charge in [-0.15, -0.1) is 11.6 Å². The molecule has 6 heteroatoms. The average molecular weight is 228 g/mol. The molecule has 1 aromatic rings. The van der Waals surface area contributed by atoms with Gasteiger partial charge in [-0.2, -0.15) is 15.0 Å². The SMILES string of the molecule is CC(Cl)c1nc(N)nc(NC2CC2C)n1. The third-order valence-electron chi connectivity index (χ3n) is 2.45. The summed E-state index contributed by atoms with van der Waals surface area (Å²) in [6.07, 6.45) is 1.15. The molecule has 3 unspecified atom stereocenters. The number of anilines is 2. The van der Waals surface area contributed by atoms with Crippen LogP contribution in [-0.2, 0) is 0 Å². The first-order valence-electron chi connectivity index (χ1n) is 4.98. The van der Waals surface area contributed by atoms with Crippen molar-refractivity contribution in [2.24, 2.45) is 5.92 Å². The summed E-state index contributed by atoms with van der Waals surface area (Å²) in [4.78, 5) is 12.2. The largest absolute Gasteiger partial charge is 0.368 e. The molecule has 1 fully saturated rings. The zero-order chi connectivity index (χ0) is 11.0. The normalized spacial score (nSPS) is 26.1. The fourth-order valence-electron chi connectivity index (χ4n) is 1.34. The molecule has 3 atom stereocenters. The van der Waals surface area contributed by atoms with Gasteiger partial charge in [0.1, 0.15) is 0 Å². The van der Waals surface area contributed by atoms with Gasteiger partial charge < -0.3 is 11.1 Å². The first kappa shape index (κ1) is 10.4. The maximum atomic E-state index is 5.89. The van der Waals surface area contributed by atoms with Gasteiger partial charge in [0.25, 0.3) is 0 Å². The van der Waals surface area contributed by atoms with Crippen molar-refractivity contribution in [2.45, 2.75) is 31.7 Å². The predicted octanol–water partition coefficient (Wildman–Crippen LogP) is 1.57. The standard InChI is InChI=1S/C9H14ClN5/c1-4-3-6(4)12-9-14-7(5(2)10)13-8(11)15-9/h4-6H,3H2,1-2H3,(H3,11,12,13,14,15). The summed E-state index contributed by atoms with van der Waals surface area (Å²) < 4.78 is 0. The number of nitrogens with one attached hydrogen (secondary N) is 1. The Balaban J connectivity index is 2.16. The summed E-state index contributed by atoms with van der Waals surface area (Å²) in [7, 11) is 0. The number of hydrogen-bond donors (Lipinski definition) is 2. The van der Waals surface area contributed by atoms with Crippen LogP contribution in [0.3, 0.4) is 0 Å². The molecule has 1 aliphatic rings. The number of nitrogen functional groups attached to an aromatic ring is 1. The maximum Gasteiger partial charge on any atom is 0.228 e. The highest BCUT2D eigenvalue weighted by atomic mass is 35.5. The highest BCUT2D eigenvalue weighted by molar-refractivity contribution is 6.20. The number of aromatic nitrogens is 3. The molecule has 1 aliphatic carbocycles. The van der Waals surface area contributed by atoms with E-state index in [2.05, 4.69) is 27.2 Å². The van der Waals surface area contributed by atoms with Gasteiger partial charge in [0.05, 0.1) is 5.38 Å². The molecule has 0 spiro atoms. The second-order valence-electron chi connectivity index (χ2n) is 3.96. The lowest BCUT2D eigenvalue weighted by Crippen LogP contribution is -2.12. The highest BCUT2D eigenvalue weighted by Gasteiger charge is 2.33. The summed E-state index contributed by atoms with van der Waals surface area (Å²) in [5.74, 6) is 1.93. The second-order valence-corrected chi connectivity index (χ2v) is 4.61. The summed E-state index contributed by atoms with van der Waals surface area (Å²) >= 11 is 5.89. The molecule has 2 rings (SSSR count). The zero-order valence-corrected chi connectivity index (χ0v) is 9.49. The van der Waals surface area contributed by atoms with E-state index in [-0.39, 0.29) is 11.3 Å². The molecule has 3 N–H and O–H groups in total. The molecular weight excluding hydrogens is 214 g/mol. The Kier molecular flexibility index (Phi) is 2.65. The van der Waals surface area contributed by atoms with Crippen LogP contribution in [0.25, 0.3) is 0 Å². The van der Waals surface area contributed by atoms with Crippen LogP contribution in [-0.4, -0.2) is 21.0 Å². The van der Waals surface area contributed by atoms with Crippen molar-refractivity contribution in [2.75, 3.05) is 11.1 Å². The van der Waals surface area contributed by atoms with Gasteiger partial charge in [-0.3, -0.25) is 0 Å². The summed E-state index contributed by atoms with van der Waals surface area (Å²) in [6, 6.07) is 0.463. The summed E-state index contributed by atoms with van der Waals surface area (Å²) in [5, 5.41) is 2.94. The Morgan fingerprint density at radius 3 is 2.67 bits per heavy atom. The van der Waals surface area contributed by atoms with Gasteiger partial charge >= 0.3 is 0 Å². The maximum absolute atomic E-state index is 5.89. The molecule has 0 saturated heterocycles. The van der Waals surface area contributed by atoms with Gasteiger partial charge in [0.15, 0.2) is 5.82 Å². The minimum absolute atomic E-state index is 0.211. The number of halogens is 1. The fourth-order valence-corrected chi connectivity index (χ4v) is 1.44. The van der Waals surface area contributed by atoms with Crippen LogP contribution in [0.1, 0.15) is 31.5 Å². The van der Waals surface area contributed by atoms with Crippen LogP contribution in [0.15, 0.2) is 0 Å². The molecule has 15 heavy (non-hydrogen) atoms. The number of alkyl halides is 1. The van der Waals surface area contributed by atoms with E-state index in [0.717, 1.165) is 6.42 Å². The van der Waals surface area contributed by atoms with Gasteiger partial charge in [-0.05, 0) is 19.3 Å². The number of rotatable bonds is 3. The third kappa shape index (κ3) is 2.47. The highest BCUT2D eigenvalue weighted by Crippen LogP contribution is 2.32. The topological polar surface area (TPSA) is 76.7 Å². The molecule has 82 valence electrons. The third-order valence-corrected chi connectivity index (χ3v) is 2.64. The quantitative estimate of drug-likeness (QED) is 0.767. The van der Waals surface area contributed by atoms with Crippen LogP contribution in [0.5, 0.6) is 0 Å². The zero-order valence-electron chi connectivity index (χ0n) is 8.74. The first-order chi connectivity index (χ1) is 7.06. The van der Waals surface area contributed by atoms with E-state index in [1.165, 1.54) is 0 Å². The summed E-state index contributed by atoms with van der Waals surface area (Å²) in [6.45, 7) is 3.98. The van der Waals surface area contributed by atoms with Gasteiger partial charge in [0, 0.05) is 6.04 Å². The van der Waals surface area contributed by atoms with Crippen molar-refractivity contribution in [3.05, 3.63) is 5.82 Å². The Morgan fingerprint density at radius 1 is 1.47 bits per heavy atom. The van der Waals surface area contributed by atoms with E-state index in [1.807, 2.05) is 0 Å². The van der Waals surface area contributed by atoms with E-state index in [9.17, 15) is 0 Å². The van der Waals surface area contributed by atoms with E-state index >= 15 is 0 Å². The van der Waals surface area contributed by atoms with Gasteiger partial charge in [0.2, 0.25) is 11.9 Å². The number of hydrogen-bond acceptors (Lipinski definition) is 5. The molecular formula is C9H14ClN5. The smallest absolute Gasteiger partial charge is 0.228 e. The second kappa shape index (κ2) is 3.81. The van der Waals surface area contributed by atoms with E-state index in [0.29, 0.717) is 23.7 Å². The van der Waals surface area contributed by atoms with Gasteiger partial charge in [-0.25, -0.2) is 0 Å². The fraction of sp³-hybridized carbons (Fsp3) is 0.667.